The number of carbonyl (C=O) groups excluding carboxylic acids is 2. The molecule has 0 aromatic heterocycles. The predicted molar refractivity (Wildman–Crippen MR) is 58.9 cm³/mol. The third kappa shape index (κ3) is 4.74. The number of rotatable bonds is 5. The molecule has 0 spiro atoms. The number of amides is 1. The van der Waals surface area contributed by atoms with Gasteiger partial charge in [0.05, 0.1) is 0 Å². The average molecular weight is 271 g/mol. The molecule has 0 fully saturated rings. The van der Waals surface area contributed by atoms with E-state index in [1.165, 1.54) is 0 Å². The van der Waals surface area contributed by atoms with E-state index in [4.69, 9.17) is 5.73 Å². The van der Waals surface area contributed by atoms with Crippen molar-refractivity contribution in [3.63, 3.8) is 0 Å². The van der Waals surface area contributed by atoms with Gasteiger partial charge in [-0.2, -0.15) is 0 Å². The van der Waals surface area contributed by atoms with E-state index >= 15 is 0 Å². The van der Waals surface area contributed by atoms with E-state index in [1.54, 1.807) is 0 Å². The summed E-state index contributed by atoms with van der Waals surface area (Å²) < 4.78 is 1.05. The minimum atomic E-state index is -0.299. The first-order valence-corrected chi connectivity index (χ1v) is 6.16. The summed E-state index contributed by atoms with van der Waals surface area (Å²) in [7, 11) is 0. The number of carbonyl (C=O) groups is 2. The van der Waals surface area contributed by atoms with Crippen LogP contribution in [0.2, 0.25) is 0 Å². The number of nitrogens with one attached hydrogen (secondary N) is 1. The average Bonchev–Trinajstić information content (AvgIpc) is 2.27. The fourth-order valence-electron chi connectivity index (χ4n) is 0.899. The van der Waals surface area contributed by atoms with Crippen LogP contribution in [0.25, 0.3) is 0 Å². The normalized spacial score (nSPS) is 9.67. The molecule has 0 bridgehead atoms. The van der Waals surface area contributed by atoms with Crippen molar-refractivity contribution < 1.29 is 9.59 Å². The van der Waals surface area contributed by atoms with Crippen LogP contribution in [-0.4, -0.2) is 38.6 Å². The zero-order chi connectivity index (χ0) is 11.1. The molecule has 0 aliphatic heterocycles. The van der Waals surface area contributed by atoms with Crippen molar-refractivity contribution in [1.82, 2.24) is 5.32 Å². The van der Waals surface area contributed by atoms with Gasteiger partial charge in [0.15, 0.2) is 0 Å². The van der Waals surface area contributed by atoms with Gasteiger partial charge in [-0.15, -0.1) is 0 Å². The Kier molecular flexibility index (Phi) is 5.04. The topological polar surface area (TPSA) is 72.2 Å². The van der Waals surface area contributed by atoms with Gasteiger partial charge in [0, 0.05) is 0 Å². The molecule has 5 heteroatoms. The van der Waals surface area contributed by atoms with Crippen LogP contribution >= 0.6 is 0 Å². The summed E-state index contributed by atoms with van der Waals surface area (Å²) in [5.41, 5.74) is 5.09. The standard InChI is InChI=1S/C10H12N2O2Se/c11-6-9(13)12-7-10(14)15-8-4-2-1-3-5-8/h1-5H,6-7,11H2,(H,12,13). The van der Waals surface area contributed by atoms with Crippen LogP contribution in [0.4, 0.5) is 0 Å². The number of nitrogens with two attached hydrogens (primary N) is 1. The molecule has 15 heavy (non-hydrogen) atoms. The van der Waals surface area contributed by atoms with Gasteiger partial charge in [0.2, 0.25) is 0 Å². The van der Waals surface area contributed by atoms with E-state index in [1.807, 2.05) is 30.3 Å². The van der Waals surface area contributed by atoms with Crippen molar-refractivity contribution in [2.45, 2.75) is 0 Å². The van der Waals surface area contributed by atoms with Crippen molar-refractivity contribution in [2.24, 2.45) is 5.73 Å². The van der Waals surface area contributed by atoms with Gasteiger partial charge in [-0.1, -0.05) is 0 Å². The molecule has 3 N–H and O–H groups in total. The molecule has 4 nitrogen and oxygen atoms in total. The molecule has 0 aliphatic rings. The van der Waals surface area contributed by atoms with E-state index < -0.39 is 0 Å². The Morgan fingerprint density at radius 2 is 1.93 bits per heavy atom. The van der Waals surface area contributed by atoms with E-state index in [0.29, 0.717) is 0 Å². The van der Waals surface area contributed by atoms with Crippen molar-refractivity contribution in [3.05, 3.63) is 30.3 Å². The zero-order valence-corrected chi connectivity index (χ0v) is 9.82. The Bertz CT molecular complexity index is 341. The van der Waals surface area contributed by atoms with Gasteiger partial charge in [-0.3, -0.25) is 0 Å². The van der Waals surface area contributed by atoms with Crippen LogP contribution in [0, 0.1) is 0 Å². The van der Waals surface area contributed by atoms with E-state index in [2.05, 4.69) is 5.32 Å². The minimum absolute atomic E-state index is 0.0375. The van der Waals surface area contributed by atoms with Crippen LogP contribution in [0.5, 0.6) is 0 Å². The number of hydrogen-bond acceptors (Lipinski definition) is 3. The van der Waals surface area contributed by atoms with Crippen LogP contribution < -0.4 is 15.5 Å². The fourth-order valence-corrected chi connectivity index (χ4v) is 2.37. The van der Waals surface area contributed by atoms with Gasteiger partial charge < -0.3 is 0 Å². The molecule has 0 unspecified atom stereocenters. The second-order valence-electron chi connectivity index (χ2n) is 2.77. The number of hydrogen-bond donors (Lipinski definition) is 2. The molecule has 80 valence electrons. The maximum atomic E-state index is 11.4. The first kappa shape index (κ1) is 11.9. The van der Waals surface area contributed by atoms with Gasteiger partial charge in [-0.25, -0.2) is 0 Å². The molecule has 1 rings (SSSR count). The molecule has 1 aromatic rings. The SMILES string of the molecule is NCC(=O)NCC(=O)[Se]c1ccccc1. The van der Waals surface area contributed by atoms with Crippen molar-refractivity contribution in [2.75, 3.05) is 13.1 Å². The van der Waals surface area contributed by atoms with Gasteiger partial charge in [0.25, 0.3) is 0 Å². The molecular formula is C10H12N2O2Se. The summed E-state index contributed by atoms with van der Waals surface area (Å²) in [6.45, 7) is -0.00343. The summed E-state index contributed by atoms with van der Waals surface area (Å²) >= 11 is -0.233. The van der Waals surface area contributed by atoms with Crippen LogP contribution in [0.1, 0.15) is 0 Å². The second kappa shape index (κ2) is 6.35. The first-order chi connectivity index (χ1) is 7.22. The number of benzene rings is 1. The van der Waals surface area contributed by atoms with Gasteiger partial charge >= 0.3 is 94.1 Å². The maximum absolute atomic E-state index is 11.4. The third-order valence-electron chi connectivity index (χ3n) is 1.59. The summed E-state index contributed by atoms with van der Waals surface area (Å²) in [6.07, 6.45) is 0. The molecule has 1 amide bonds. The van der Waals surface area contributed by atoms with Gasteiger partial charge in [0.1, 0.15) is 0 Å². The summed E-state index contributed by atoms with van der Waals surface area (Å²) in [4.78, 5) is 22.2. The molecular weight excluding hydrogens is 259 g/mol. The van der Waals surface area contributed by atoms with E-state index in [-0.39, 0.29) is 38.6 Å². The Labute approximate surface area is 94.4 Å². The van der Waals surface area contributed by atoms with Crippen molar-refractivity contribution >= 4 is 30.0 Å². The van der Waals surface area contributed by atoms with Crippen LogP contribution in [0.3, 0.4) is 0 Å². The summed E-state index contributed by atoms with van der Waals surface area (Å²) in [5.74, 6) is -0.299. The zero-order valence-electron chi connectivity index (χ0n) is 8.10. The van der Waals surface area contributed by atoms with Gasteiger partial charge in [-0.05, 0) is 0 Å². The Balaban J connectivity index is 2.34. The van der Waals surface area contributed by atoms with E-state index in [0.717, 1.165) is 4.46 Å². The quantitative estimate of drug-likeness (QED) is 0.648. The molecule has 0 heterocycles. The van der Waals surface area contributed by atoms with Crippen LogP contribution in [0.15, 0.2) is 30.3 Å². The fraction of sp³-hybridized carbons (Fsp3) is 0.200. The molecule has 0 radical (unpaired) electrons. The molecule has 0 saturated carbocycles. The van der Waals surface area contributed by atoms with E-state index in [9.17, 15) is 9.59 Å². The predicted octanol–water partition coefficient (Wildman–Crippen LogP) is -1.38. The molecule has 1 aromatic carbocycles. The first-order valence-electron chi connectivity index (χ1n) is 4.45. The Hall–Kier alpha value is -1.16. The third-order valence-corrected chi connectivity index (χ3v) is 3.44. The Morgan fingerprint density at radius 3 is 2.53 bits per heavy atom. The molecule has 0 atom stereocenters. The van der Waals surface area contributed by atoms with Crippen LogP contribution in [-0.2, 0) is 9.59 Å². The van der Waals surface area contributed by atoms with Crippen molar-refractivity contribution in [1.29, 1.82) is 0 Å². The summed E-state index contributed by atoms with van der Waals surface area (Å²) in [5, 5.41) is 2.45. The van der Waals surface area contributed by atoms with Crippen molar-refractivity contribution in [3.8, 4) is 0 Å². The summed E-state index contributed by atoms with van der Waals surface area (Å²) in [6, 6.07) is 9.50. The monoisotopic (exact) mass is 272 g/mol. The molecule has 0 saturated heterocycles. The molecule has 0 aliphatic carbocycles. The second-order valence-corrected chi connectivity index (χ2v) is 5.14. The Morgan fingerprint density at radius 1 is 1.27 bits per heavy atom.